The Bertz CT molecular complexity index is 1100. The van der Waals surface area contributed by atoms with Crippen molar-refractivity contribution < 1.29 is 4.57 Å². The van der Waals surface area contributed by atoms with Crippen molar-refractivity contribution in [2.24, 2.45) is 7.05 Å². The summed E-state index contributed by atoms with van der Waals surface area (Å²) in [4.78, 5) is 0. The molecule has 0 radical (unpaired) electrons. The van der Waals surface area contributed by atoms with E-state index in [4.69, 9.17) is 0 Å². The third-order valence-corrected chi connectivity index (χ3v) is 5.14. The van der Waals surface area contributed by atoms with Gasteiger partial charge in [0.25, 0.3) is 5.82 Å². The zero-order chi connectivity index (χ0) is 16.3. The van der Waals surface area contributed by atoms with Crippen molar-refractivity contribution in [3.05, 3.63) is 83.7 Å². The normalized spacial score (nSPS) is 12.4. The van der Waals surface area contributed by atoms with Crippen LogP contribution in [0.2, 0.25) is 0 Å². The number of rotatable bonds is 0. The van der Waals surface area contributed by atoms with E-state index < -0.39 is 0 Å². The highest BCUT2D eigenvalue weighted by Crippen LogP contribution is 2.32. The fourth-order valence-corrected chi connectivity index (χ4v) is 3.94. The van der Waals surface area contributed by atoms with E-state index in [0.717, 1.165) is 6.42 Å². The molecule has 0 aliphatic carbocycles. The van der Waals surface area contributed by atoms with E-state index in [2.05, 4.69) is 90.1 Å². The van der Waals surface area contributed by atoms with Crippen LogP contribution in [-0.2, 0) is 13.5 Å². The van der Waals surface area contributed by atoms with Gasteiger partial charge in [0.05, 0.1) is 12.6 Å². The van der Waals surface area contributed by atoms with Crippen LogP contribution in [0.25, 0.3) is 27.8 Å². The van der Waals surface area contributed by atoms with Gasteiger partial charge in [0.15, 0.2) is 0 Å². The summed E-state index contributed by atoms with van der Waals surface area (Å²) < 4.78 is 4.51. The van der Waals surface area contributed by atoms with Crippen molar-refractivity contribution >= 4 is 10.8 Å². The highest BCUT2D eigenvalue weighted by atomic mass is 15.1. The van der Waals surface area contributed by atoms with Gasteiger partial charge in [-0.3, -0.25) is 0 Å². The van der Waals surface area contributed by atoms with Crippen molar-refractivity contribution in [3.63, 3.8) is 0 Å². The van der Waals surface area contributed by atoms with E-state index in [1.165, 1.54) is 44.5 Å². The Labute approximate surface area is 141 Å². The van der Waals surface area contributed by atoms with Crippen LogP contribution in [0.4, 0.5) is 0 Å². The number of nitrogens with zero attached hydrogens (tertiary/aromatic N) is 2. The second-order valence-corrected chi connectivity index (χ2v) is 6.75. The number of hydrogen-bond donors (Lipinski definition) is 0. The number of fused-ring (bicyclic) bond motifs is 6. The molecule has 4 bridgehead atoms. The van der Waals surface area contributed by atoms with E-state index in [9.17, 15) is 0 Å². The number of aromatic nitrogens is 2. The van der Waals surface area contributed by atoms with Crippen LogP contribution in [0.3, 0.4) is 0 Å². The molecule has 1 aliphatic heterocycles. The quantitative estimate of drug-likeness (QED) is 0.376. The summed E-state index contributed by atoms with van der Waals surface area (Å²) in [6, 6.07) is 20.2. The lowest BCUT2D eigenvalue weighted by Crippen LogP contribution is -2.29. The lowest BCUT2D eigenvalue weighted by Gasteiger charge is -2.14. The summed E-state index contributed by atoms with van der Waals surface area (Å²) in [5.74, 6) is 1.23. The molecule has 116 valence electrons. The molecule has 2 heterocycles. The maximum Gasteiger partial charge on any atom is 0.294 e. The van der Waals surface area contributed by atoms with Crippen LogP contribution in [0.15, 0.2) is 67.0 Å². The zero-order valence-electron chi connectivity index (χ0n) is 14.0. The van der Waals surface area contributed by atoms with Gasteiger partial charge < -0.3 is 0 Å². The molecular weight excluding hydrogens is 292 g/mol. The molecule has 1 aromatic heterocycles. The minimum Gasteiger partial charge on any atom is -0.232 e. The maximum absolute atomic E-state index is 2.37. The van der Waals surface area contributed by atoms with Crippen molar-refractivity contribution in [2.45, 2.75) is 13.3 Å². The van der Waals surface area contributed by atoms with E-state index in [1.807, 2.05) is 0 Å². The SMILES string of the molecule is Cc1cc2cccc3c2cc1-c1n(cc[n+]1C)-c1cccc(c1)C3. The Morgan fingerprint density at radius 1 is 1.00 bits per heavy atom. The van der Waals surface area contributed by atoms with Gasteiger partial charge in [-0.25, -0.2) is 4.57 Å². The zero-order valence-corrected chi connectivity index (χ0v) is 14.0. The van der Waals surface area contributed by atoms with Gasteiger partial charge in [-0.15, -0.1) is 0 Å². The van der Waals surface area contributed by atoms with Crippen molar-refractivity contribution in [2.75, 3.05) is 0 Å². The van der Waals surface area contributed by atoms with E-state index >= 15 is 0 Å². The van der Waals surface area contributed by atoms with E-state index in [1.54, 1.807) is 0 Å². The molecule has 0 saturated heterocycles. The van der Waals surface area contributed by atoms with Gasteiger partial charge in [-0.05, 0) is 59.0 Å². The Kier molecular flexibility index (Phi) is 2.72. The first-order valence-corrected chi connectivity index (χ1v) is 8.39. The maximum atomic E-state index is 2.37. The van der Waals surface area contributed by atoms with Gasteiger partial charge in [0, 0.05) is 0 Å². The second-order valence-electron chi connectivity index (χ2n) is 6.75. The highest BCUT2D eigenvalue weighted by molar-refractivity contribution is 5.91. The van der Waals surface area contributed by atoms with Crippen LogP contribution >= 0.6 is 0 Å². The third kappa shape index (κ3) is 1.86. The molecule has 4 aromatic rings. The molecule has 0 unspecified atom stereocenters. The number of aryl methyl sites for hydroxylation is 2. The first-order valence-electron chi connectivity index (χ1n) is 8.39. The lowest BCUT2D eigenvalue weighted by atomic mass is 9.93. The number of hydrogen-bond acceptors (Lipinski definition) is 0. The molecule has 0 spiro atoms. The number of imidazole rings is 1. The van der Waals surface area contributed by atoms with Crippen LogP contribution in [-0.4, -0.2) is 4.57 Å². The van der Waals surface area contributed by atoms with Crippen LogP contribution < -0.4 is 4.57 Å². The first kappa shape index (κ1) is 13.6. The van der Waals surface area contributed by atoms with Gasteiger partial charge in [-0.1, -0.05) is 36.4 Å². The summed E-state index contributed by atoms with van der Waals surface area (Å²) in [7, 11) is 2.12. The molecular formula is C22H19N2+. The fourth-order valence-electron chi connectivity index (χ4n) is 3.94. The van der Waals surface area contributed by atoms with Gasteiger partial charge in [0.1, 0.15) is 18.1 Å². The molecule has 3 aromatic carbocycles. The second kappa shape index (κ2) is 4.81. The number of benzene rings is 3. The van der Waals surface area contributed by atoms with Gasteiger partial charge in [0.2, 0.25) is 0 Å². The van der Waals surface area contributed by atoms with Crippen molar-refractivity contribution in [1.29, 1.82) is 0 Å². The molecule has 24 heavy (non-hydrogen) atoms. The Hall–Kier alpha value is -2.87. The topological polar surface area (TPSA) is 8.81 Å². The molecule has 0 atom stereocenters. The average Bonchev–Trinajstić information content (AvgIpc) is 2.96. The Morgan fingerprint density at radius 3 is 2.79 bits per heavy atom. The summed E-state index contributed by atoms with van der Waals surface area (Å²) in [6.07, 6.45) is 5.26. The standard InChI is InChI=1S/C22H19N2/c1-15-11-17-6-4-7-18-12-16-5-3-8-19(13-16)24-10-9-23(2)22(24)20(15)14-21(17)18/h3-11,13-14H,12H2,1-2H3/q+1. The lowest BCUT2D eigenvalue weighted by molar-refractivity contribution is -0.659. The first-order chi connectivity index (χ1) is 11.7. The molecule has 0 amide bonds. The van der Waals surface area contributed by atoms with E-state index in [0.29, 0.717) is 0 Å². The summed E-state index contributed by atoms with van der Waals surface area (Å²) >= 11 is 0. The minimum atomic E-state index is 0.969. The molecule has 0 N–H and O–H groups in total. The largest absolute Gasteiger partial charge is 0.294 e. The average molecular weight is 311 g/mol. The summed E-state index contributed by atoms with van der Waals surface area (Å²) in [5.41, 5.74) is 6.59. The van der Waals surface area contributed by atoms with Gasteiger partial charge in [-0.2, -0.15) is 4.57 Å². The molecule has 0 fully saturated rings. The minimum absolute atomic E-state index is 0.969. The highest BCUT2D eigenvalue weighted by Gasteiger charge is 2.22. The Morgan fingerprint density at radius 2 is 1.88 bits per heavy atom. The smallest absolute Gasteiger partial charge is 0.232 e. The predicted molar refractivity (Wildman–Crippen MR) is 97.4 cm³/mol. The molecule has 2 nitrogen and oxygen atoms in total. The Balaban J connectivity index is 1.98. The van der Waals surface area contributed by atoms with Crippen LogP contribution in [0.1, 0.15) is 16.7 Å². The van der Waals surface area contributed by atoms with Gasteiger partial charge >= 0.3 is 0 Å². The molecule has 1 aliphatic rings. The third-order valence-electron chi connectivity index (χ3n) is 5.14. The van der Waals surface area contributed by atoms with Crippen LogP contribution in [0.5, 0.6) is 0 Å². The summed E-state index contributed by atoms with van der Waals surface area (Å²) in [6.45, 7) is 2.21. The van der Waals surface area contributed by atoms with Crippen molar-refractivity contribution in [3.8, 4) is 17.1 Å². The predicted octanol–water partition coefficient (Wildman–Crippen LogP) is 4.33. The molecule has 0 saturated carbocycles. The van der Waals surface area contributed by atoms with Crippen molar-refractivity contribution in [1.82, 2.24) is 4.57 Å². The fraction of sp³-hybridized carbons (Fsp3) is 0.136. The van der Waals surface area contributed by atoms with E-state index in [-0.39, 0.29) is 0 Å². The molecule has 2 heteroatoms. The summed E-state index contributed by atoms with van der Waals surface area (Å²) in [5, 5.41) is 2.68. The monoisotopic (exact) mass is 311 g/mol. The van der Waals surface area contributed by atoms with Crippen LogP contribution in [0, 0.1) is 6.92 Å². The molecule has 5 rings (SSSR count).